The topological polar surface area (TPSA) is 38.3 Å². The first-order chi connectivity index (χ1) is 8.22. The zero-order chi connectivity index (χ0) is 12.5. The van der Waals surface area contributed by atoms with Crippen molar-refractivity contribution in [2.75, 3.05) is 13.2 Å². The molecule has 0 aliphatic rings. The summed E-state index contributed by atoms with van der Waals surface area (Å²) in [4.78, 5) is 10.5. The maximum absolute atomic E-state index is 10.5. The first-order valence-electron chi connectivity index (χ1n) is 6.14. The lowest BCUT2D eigenvalue weighted by molar-refractivity contribution is -0.141. The molecule has 17 heavy (non-hydrogen) atoms. The molecule has 0 spiro atoms. The molecule has 0 atom stereocenters. The first kappa shape index (κ1) is 13.7. The van der Waals surface area contributed by atoms with Crippen LogP contribution < -0.4 is 5.32 Å². The lowest BCUT2D eigenvalue weighted by Gasteiger charge is -2.06. The maximum Gasteiger partial charge on any atom is 0.302 e. The Morgan fingerprint density at radius 3 is 2.47 bits per heavy atom. The predicted octanol–water partition coefficient (Wildman–Crippen LogP) is 2.29. The molecule has 0 amide bonds. The molecule has 3 heteroatoms. The average Bonchev–Trinajstić information content (AvgIpc) is 2.34. The summed E-state index contributed by atoms with van der Waals surface area (Å²) in [7, 11) is 0. The van der Waals surface area contributed by atoms with Gasteiger partial charge < -0.3 is 10.1 Å². The molecule has 1 aromatic carbocycles. The van der Waals surface area contributed by atoms with E-state index in [1.165, 1.54) is 18.1 Å². The van der Waals surface area contributed by atoms with Crippen LogP contribution in [0.4, 0.5) is 0 Å². The minimum atomic E-state index is -0.208. The second kappa shape index (κ2) is 7.85. The Bertz CT molecular complexity index is 333. The van der Waals surface area contributed by atoms with Crippen molar-refractivity contribution in [2.45, 2.75) is 33.2 Å². The molecule has 0 radical (unpaired) electrons. The molecule has 3 nitrogen and oxygen atoms in total. The van der Waals surface area contributed by atoms with Gasteiger partial charge in [0.25, 0.3) is 0 Å². The van der Waals surface area contributed by atoms with Crippen molar-refractivity contribution >= 4 is 5.97 Å². The Morgan fingerprint density at radius 1 is 1.24 bits per heavy atom. The Hall–Kier alpha value is -1.35. The molecule has 1 rings (SSSR count). The van der Waals surface area contributed by atoms with Crippen molar-refractivity contribution in [1.82, 2.24) is 5.32 Å². The Morgan fingerprint density at radius 2 is 1.88 bits per heavy atom. The van der Waals surface area contributed by atoms with Gasteiger partial charge in [-0.15, -0.1) is 0 Å². The van der Waals surface area contributed by atoms with Crippen LogP contribution in [0.1, 0.15) is 31.4 Å². The van der Waals surface area contributed by atoms with Gasteiger partial charge in [0.1, 0.15) is 0 Å². The highest BCUT2D eigenvalue weighted by atomic mass is 16.5. The number of hydrogen-bond donors (Lipinski definition) is 1. The van der Waals surface area contributed by atoms with Gasteiger partial charge in [-0.2, -0.15) is 0 Å². The summed E-state index contributed by atoms with van der Waals surface area (Å²) in [6, 6.07) is 8.63. The van der Waals surface area contributed by atoms with Gasteiger partial charge in [-0.1, -0.05) is 31.2 Å². The van der Waals surface area contributed by atoms with Gasteiger partial charge in [0.15, 0.2) is 0 Å². The van der Waals surface area contributed by atoms with Crippen LogP contribution in [-0.2, 0) is 22.5 Å². The molecular weight excluding hydrogens is 214 g/mol. The summed E-state index contributed by atoms with van der Waals surface area (Å²) < 4.78 is 4.85. The van der Waals surface area contributed by atoms with E-state index in [1.54, 1.807) is 0 Å². The van der Waals surface area contributed by atoms with Gasteiger partial charge in [-0.3, -0.25) is 4.79 Å². The molecule has 0 saturated carbocycles. The second-order valence-corrected chi connectivity index (χ2v) is 4.04. The van der Waals surface area contributed by atoms with E-state index < -0.39 is 0 Å². The van der Waals surface area contributed by atoms with Crippen LogP contribution in [0.25, 0.3) is 0 Å². The van der Waals surface area contributed by atoms with Gasteiger partial charge >= 0.3 is 5.97 Å². The van der Waals surface area contributed by atoms with Crippen molar-refractivity contribution in [3.63, 3.8) is 0 Å². The number of esters is 1. The zero-order valence-corrected chi connectivity index (χ0v) is 10.7. The van der Waals surface area contributed by atoms with Crippen LogP contribution in [0, 0.1) is 0 Å². The van der Waals surface area contributed by atoms with Crippen LogP contribution >= 0.6 is 0 Å². The molecule has 0 aliphatic heterocycles. The number of aryl methyl sites for hydroxylation is 1. The molecule has 0 saturated heterocycles. The van der Waals surface area contributed by atoms with Crippen molar-refractivity contribution < 1.29 is 9.53 Å². The number of rotatable bonds is 7. The second-order valence-electron chi connectivity index (χ2n) is 4.04. The van der Waals surface area contributed by atoms with Gasteiger partial charge in [0.2, 0.25) is 0 Å². The fourth-order valence-corrected chi connectivity index (χ4v) is 1.54. The van der Waals surface area contributed by atoms with E-state index in [0.717, 1.165) is 25.9 Å². The number of carbonyl (C=O) groups is 1. The highest BCUT2D eigenvalue weighted by Crippen LogP contribution is 2.04. The smallest absolute Gasteiger partial charge is 0.302 e. The largest absolute Gasteiger partial charge is 0.466 e. The van der Waals surface area contributed by atoms with Crippen LogP contribution in [0.5, 0.6) is 0 Å². The average molecular weight is 235 g/mol. The summed E-state index contributed by atoms with van der Waals surface area (Å²) in [6.07, 6.45) is 1.93. The van der Waals surface area contributed by atoms with Gasteiger partial charge in [-0.25, -0.2) is 0 Å². The van der Waals surface area contributed by atoms with Gasteiger partial charge in [-0.05, 0) is 30.5 Å². The van der Waals surface area contributed by atoms with E-state index in [1.807, 2.05) is 0 Å². The van der Waals surface area contributed by atoms with Crippen LogP contribution in [0.3, 0.4) is 0 Å². The Balaban J connectivity index is 2.11. The molecule has 0 fully saturated rings. The molecular formula is C14H21NO2. The minimum Gasteiger partial charge on any atom is -0.466 e. The van der Waals surface area contributed by atoms with Crippen molar-refractivity contribution in [2.24, 2.45) is 0 Å². The number of carbonyl (C=O) groups excluding carboxylic acids is 1. The SMILES string of the molecule is CCc1ccc(CNCCCOC(C)=O)cc1. The van der Waals surface area contributed by atoms with E-state index in [-0.39, 0.29) is 5.97 Å². The fourth-order valence-electron chi connectivity index (χ4n) is 1.54. The van der Waals surface area contributed by atoms with Crippen molar-refractivity contribution in [1.29, 1.82) is 0 Å². The molecule has 94 valence electrons. The van der Waals surface area contributed by atoms with E-state index >= 15 is 0 Å². The molecule has 0 unspecified atom stereocenters. The highest BCUT2D eigenvalue weighted by Gasteiger charge is 1.95. The molecule has 0 aromatic heterocycles. The zero-order valence-electron chi connectivity index (χ0n) is 10.7. The van der Waals surface area contributed by atoms with Crippen molar-refractivity contribution in [3.05, 3.63) is 35.4 Å². The standard InChI is InChI=1S/C14H21NO2/c1-3-13-5-7-14(8-6-13)11-15-9-4-10-17-12(2)16/h5-8,15H,3-4,9-11H2,1-2H3. The third kappa shape index (κ3) is 6.07. The normalized spacial score (nSPS) is 10.2. The molecule has 0 heterocycles. The highest BCUT2D eigenvalue weighted by molar-refractivity contribution is 5.65. The van der Waals surface area contributed by atoms with E-state index in [9.17, 15) is 4.79 Å². The van der Waals surface area contributed by atoms with E-state index in [0.29, 0.717) is 6.61 Å². The molecule has 1 aromatic rings. The monoisotopic (exact) mass is 235 g/mol. The van der Waals surface area contributed by atoms with Crippen LogP contribution in [-0.4, -0.2) is 19.1 Å². The molecule has 0 aliphatic carbocycles. The summed E-state index contributed by atoms with van der Waals surface area (Å²) in [5.41, 5.74) is 2.65. The summed E-state index contributed by atoms with van der Waals surface area (Å²) in [5.74, 6) is -0.208. The fraction of sp³-hybridized carbons (Fsp3) is 0.500. The number of benzene rings is 1. The van der Waals surface area contributed by atoms with Crippen molar-refractivity contribution in [3.8, 4) is 0 Å². The quantitative estimate of drug-likeness (QED) is 0.582. The summed E-state index contributed by atoms with van der Waals surface area (Å²) in [5, 5.41) is 3.32. The molecule has 0 bridgehead atoms. The third-order valence-corrected chi connectivity index (χ3v) is 2.56. The van der Waals surface area contributed by atoms with E-state index in [2.05, 4.69) is 36.5 Å². The Labute approximate surface area is 103 Å². The minimum absolute atomic E-state index is 0.208. The van der Waals surface area contributed by atoms with E-state index in [4.69, 9.17) is 4.74 Å². The van der Waals surface area contributed by atoms with Crippen LogP contribution in [0.15, 0.2) is 24.3 Å². The lowest BCUT2D eigenvalue weighted by Crippen LogP contribution is -2.16. The van der Waals surface area contributed by atoms with Gasteiger partial charge in [0.05, 0.1) is 6.61 Å². The predicted molar refractivity (Wildman–Crippen MR) is 68.8 cm³/mol. The van der Waals surface area contributed by atoms with Crippen LogP contribution in [0.2, 0.25) is 0 Å². The lowest BCUT2D eigenvalue weighted by atomic mass is 10.1. The number of hydrogen-bond acceptors (Lipinski definition) is 3. The first-order valence-corrected chi connectivity index (χ1v) is 6.14. The summed E-state index contributed by atoms with van der Waals surface area (Å²) in [6.45, 7) is 5.81. The number of nitrogens with one attached hydrogen (secondary N) is 1. The third-order valence-electron chi connectivity index (χ3n) is 2.56. The Kier molecular flexibility index (Phi) is 6.33. The molecule has 1 N–H and O–H groups in total. The maximum atomic E-state index is 10.5. The summed E-state index contributed by atoms with van der Waals surface area (Å²) >= 11 is 0. The number of ether oxygens (including phenoxy) is 1. The van der Waals surface area contributed by atoms with Gasteiger partial charge in [0, 0.05) is 13.5 Å².